The highest BCUT2D eigenvalue weighted by Gasteiger charge is 2.19. The van der Waals surface area contributed by atoms with Gasteiger partial charge in [0.25, 0.3) is 0 Å². The molecule has 4 nitrogen and oxygen atoms in total. The molecule has 2 rings (SSSR count). The van der Waals surface area contributed by atoms with Gasteiger partial charge in [-0.05, 0) is 25.6 Å². The maximum Gasteiger partial charge on any atom is 0.243 e. The van der Waals surface area contributed by atoms with E-state index in [2.05, 4.69) is 15.5 Å². The van der Waals surface area contributed by atoms with Crippen molar-refractivity contribution in [3.63, 3.8) is 0 Å². The topological polar surface area (TPSA) is 51.0 Å². The molecule has 0 aliphatic carbocycles. The molecule has 0 amide bonds. The van der Waals surface area contributed by atoms with Crippen LogP contribution < -0.4 is 5.32 Å². The van der Waals surface area contributed by atoms with Crippen molar-refractivity contribution in [3.05, 3.63) is 11.7 Å². The zero-order valence-electron chi connectivity index (χ0n) is 9.03. The van der Waals surface area contributed by atoms with Gasteiger partial charge in [-0.3, -0.25) is 0 Å². The average molecular weight is 227 g/mol. The first-order valence-corrected chi connectivity index (χ1v) is 6.84. The maximum atomic E-state index is 5.28. The van der Waals surface area contributed by atoms with E-state index in [0.717, 1.165) is 30.4 Å². The zero-order chi connectivity index (χ0) is 10.5. The van der Waals surface area contributed by atoms with E-state index >= 15 is 0 Å². The molecular weight excluding hydrogens is 210 g/mol. The third kappa shape index (κ3) is 2.95. The van der Waals surface area contributed by atoms with Crippen molar-refractivity contribution in [1.29, 1.82) is 0 Å². The largest absolute Gasteiger partial charge is 0.338 e. The molecule has 1 aromatic rings. The van der Waals surface area contributed by atoms with Gasteiger partial charge in [-0.25, -0.2) is 0 Å². The third-order valence-corrected chi connectivity index (χ3v) is 3.16. The van der Waals surface area contributed by atoms with Crippen molar-refractivity contribution < 1.29 is 4.52 Å². The molecule has 1 saturated heterocycles. The molecule has 1 N–H and O–H groups in total. The van der Waals surface area contributed by atoms with Gasteiger partial charge in [0.15, 0.2) is 5.82 Å². The fourth-order valence-corrected chi connectivity index (χ4v) is 2.21. The molecule has 15 heavy (non-hydrogen) atoms. The van der Waals surface area contributed by atoms with Crippen molar-refractivity contribution in [1.82, 2.24) is 15.5 Å². The predicted octanol–water partition coefficient (Wildman–Crippen LogP) is 2.14. The number of thioether (sulfide) groups is 1. The van der Waals surface area contributed by atoms with Gasteiger partial charge in [0.2, 0.25) is 5.89 Å². The summed E-state index contributed by atoms with van der Waals surface area (Å²) in [4.78, 5) is 4.40. The smallest absolute Gasteiger partial charge is 0.243 e. The highest BCUT2D eigenvalue weighted by molar-refractivity contribution is 7.97. The van der Waals surface area contributed by atoms with Crippen molar-refractivity contribution in [2.24, 2.45) is 0 Å². The van der Waals surface area contributed by atoms with E-state index in [9.17, 15) is 0 Å². The summed E-state index contributed by atoms with van der Waals surface area (Å²) < 4.78 is 5.28. The van der Waals surface area contributed by atoms with Crippen LogP contribution in [0.1, 0.15) is 43.4 Å². The molecule has 84 valence electrons. The molecule has 1 atom stereocenters. The van der Waals surface area contributed by atoms with E-state index in [4.69, 9.17) is 4.52 Å². The number of nitrogens with zero attached hydrogens (tertiary/aromatic N) is 2. The second kappa shape index (κ2) is 5.51. The van der Waals surface area contributed by atoms with Gasteiger partial charge in [-0.1, -0.05) is 18.0 Å². The third-order valence-electron chi connectivity index (χ3n) is 2.62. The Morgan fingerprint density at radius 3 is 3.27 bits per heavy atom. The maximum absolute atomic E-state index is 5.28. The summed E-state index contributed by atoms with van der Waals surface area (Å²) in [5, 5.41) is 7.42. The van der Waals surface area contributed by atoms with E-state index in [0.29, 0.717) is 0 Å². The van der Waals surface area contributed by atoms with Crippen LogP contribution in [0.25, 0.3) is 0 Å². The van der Waals surface area contributed by atoms with Crippen molar-refractivity contribution in [2.45, 2.75) is 37.5 Å². The van der Waals surface area contributed by atoms with Crippen LogP contribution in [0.15, 0.2) is 4.52 Å². The summed E-state index contributed by atoms with van der Waals surface area (Å²) in [6, 6.07) is 0.274. The van der Waals surface area contributed by atoms with Gasteiger partial charge in [0, 0.05) is 0 Å². The molecule has 0 spiro atoms. The van der Waals surface area contributed by atoms with Gasteiger partial charge >= 0.3 is 0 Å². The first-order chi connectivity index (χ1) is 7.40. The molecule has 0 aromatic carbocycles. The lowest BCUT2D eigenvalue weighted by atomic mass is 10.1. The molecule has 0 bridgehead atoms. The van der Waals surface area contributed by atoms with Gasteiger partial charge in [-0.2, -0.15) is 16.7 Å². The van der Waals surface area contributed by atoms with Crippen molar-refractivity contribution >= 4 is 11.8 Å². The van der Waals surface area contributed by atoms with E-state index in [1.807, 2.05) is 6.26 Å². The Balaban J connectivity index is 2.00. The molecular formula is C10H17N3OS. The Morgan fingerprint density at radius 1 is 1.47 bits per heavy atom. The average Bonchev–Trinajstić information content (AvgIpc) is 2.53. The summed E-state index contributed by atoms with van der Waals surface area (Å²) >= 11 is 1.71. The summed E-state index contributed by atoms with van der Waals surface area (Å²) in [6.45, 7) is 1.06. The summed E-state index contributed by atoms with van der Waals surface area (Å²) in [7, 11) is 0. The van der Waals surface area contributed by atoms with E-state index in [1.165, 1.54) is 19.3 Å². The summed E-state index contributed by atoms with van der Waals surface area (Å²) in [6.07, 6.45) is 6.95. The first kappa shape index (κ1) is 11.0. The highest BCUT2D eigenvalue weighted by Crippen LogP contribution is 2.21. The van der Waals surface area contributed by atoms with Gasteiger partial charge in [-0.15, -0.1) is 0 Å². The monoisotopic (exact) mass is 227 g/mol. The summed E-state index contributed by atoms with van der Waals surface area (Å²) in [5.41, 5.74) is 0. The number of nitrogens with one attached hydrogen (secondary N) is 1. The van der Waals surface area contributed by atoms with Crippen LogP contribution in [0, 0.1) is 0 Å². The molecule has 2 heterocycles. The van der Waals surface area contributed by atoms with Crippen molar-refractivity contribution in [3.8, 4) is 0 Å². The quantitative estimate of drug-likeness (QED) is 0.857. The fourth-order valence-electron chi connectivity index (χ4n) is 1.84. The standard InChI is InChI=1S/C10H17N3OS/c1-15-7-9-12-10(14-13-9)8-5-3-2-4-6-11-8/h8,11H,2-7H2,1H3. The number of aromatic nitrogens is 2. The zero-order valence-corrected chi connectivity index (χ0v) is 9.85. The minimum Gasteiger partial charge on any atom is -0.338 e. The second-order valence-electron chi connectivity index (χ2n) is 3.84. The minimum atomic E-state index is 0.274. The number of hydrogen-bond acceptors (Lipinski definition) is 5. The Hall–Kier alpha value is -0.550. The Labute approximate surface area is 94.2 Å². The van der Waals surface area contributed by atoms with Crippen LogP contribution in [0.5, 0.6) is 0 Å². The Morgan fingerprint density at radius 2 is 2.40 bits per heavy atom. The van der Waals surface area contributed by atoms with E-state index < -0.39 is 0 Å². The molecule has 0 radical (unpaired) electrons. The Kier molecular flexibility index (Phi) is 4.02. The molecule has 1 aromatic heterocycles. The lowest BCUT2D eigenvalue weighted by molar-refractivity contribution is 0.325. The van der Waals surface area contributed by atoms with Crippen molar-refractivity contribution in [2.75, 3.05) is 12.8 Å². The number of rotatable bonds is 3. The van der Waals surface area contributed by atoms with Gasteiger partial charge in [0.1, 0.15) is 0 Å². The molecule has 0 saturated carbocycles. The minimum absolute atomic E-state index is 0.274. The molecule has 5 heteroatoms. The SMILES string of the molecule is CSCc1noc(C2CCCCCN2)n1. The lowest BCUT2D eigenvalue weighted by Gasteiger charge is -2.09. The van der Waals surface area contributed by atoms with Crippen LogP contribution in [-0.4, -0.2) is 22.9 Å². The molecule has 1 unspecified atom stereocenters. The second-order valence-corrected chi connectivity index (χ2v) is 4.70. The Bertz CT molecular complexity index is 295. The van der Waals surface area contributed by atoms with Crippen LogP contribution >= 0.6 is 11.8 Å². The fraction of sp³-hybridized carbons (Fsp3) is 0.800. The molecule has 1 aliphatic heterocycles. The van der Waals surface area contributed by atoms with Crippen LogP contribution in [0.3, 0.4) is 0 Å². The predicted molar refractivity (Wildman–Crippen MR) is 60.7 cm³/mol. The van der Waals surface area contributed by atoms with E-state index in [1.54, 1.807) is 11.8 Å². The number of hydrogen-bond donors (Lipinski definition) is 1. The molecule has 1 fully saturated rings. The molecule has 1 aliphatic rings. The van der Waals surface area contributed by atoms with Gasteiger partial charge in [0.05, 0.1) is 11.8 Å². The van der Waals surface area contributed by atoms with Gasteiger partial charge < -0.3 is 9.84 Å². The highest BCUT2D eigenvalue weighted by atomic mass is 32.2. The van der Waals surface area contributed by atoms with Crippen LogP contribution in [0.2, 0.25) is 0 Å². The van der Waals surface area contributed by atoms with Crippen LogP contribution in [0.4, 0.5) is 0 Å². The van der Waals surface area contributed by atoms with Crippen LogP contribution in [-0.2, 0) is 5.75 Å². The normalized spacial score (nSPS) is 22.6. The lowest BCUT2D eigenvalue weighted by Crippen LogP contribution is -2.20. The van der Waals surface area contributed by atoms with E-state index in [-0.39, 0.29) is 6.04 Å². The first-order valence-electron chi connectivity index (χ1n) is 5.45. The summed E-state index contributed by atoms with van der Waals surface area (Å²) in [5.74, 6) is 2.40.